The molecule has 0 radical (unpaired) electrons. The van der Waals surface area contributed by atoms with Gasteiger partial charge in [0.2, 0.25) is 0 Å². The van der Waals surface area contributed by atoms with Gasteiger partial charge < -0.3 is 10.7 Å². The number of nitrogens with zero attached hydrogens (tertiary/aromatic N) is 2. The number of hydrazine groups is 1. The van der Waals surface area contributed by atoms with Crippen molar-refractivity contribution in [3.8, 4) is 0 Å². The number of halogens is 2. The number of hydrogen-bond acceptors (Lipinski definition) is 5. The van der Waals surface area contributed by atoms with Gasteiger partial charge in [0, 0.05) is 25.0 Å². The van der Waals surface area contributed by atoms with E-state index >= 15 is 0 Å². The fraction of sp³-hybridized carbons (Fsp3) is 0.0909. The molecule has 0 aliphatic rings. The predicted octanol–water partition coefficient (Wildman–Crippen LogP) is 1.65. The van der Waals surface area contributed by atoms with Crippen LogP contribution >= 0.6 is 0 Å². The molecule has 2 heterocycles. The van der Waals surface area contributed by atoms with E-state index in [4.69, 9.17) is 5.84 Å². The van der Waals surface area contributed by atoms with Gasteiger partial charge in [0.1, 0.15) is 0 Å². The smallest absolute Gasteiger partial charge is 0.178 e. The molecule has 0 bridgehead atoms. The molecule has 0 aromatic carbocycles. The molecule has 0 aliphatic carbocycles. The lowest BCUT2D eigenvalue weighted by atomic mass is 10.2. The minimum atomic E-state index is -0.843. The third-order valence-corrected chi connectivity index (χ3v) is 2.28. The van der Waals surface area contributed by atoms with Crippen molar-refractivity contribution < 1.29 is 8.78 Å². The van der Waals surface area contributed by atoms with Crippen LogP contribution in [0.1, 0.15) is 5.56 Å². The van der Waals surface area contributed by atoms with Crippen LogP contribution in [-0.2, 0) is 6.54 Å². The fourth-order valence-corrected chi connectivity index (χ4v) is 1.38. The molecule has 0 saturated heterocycles. The van der Waals surface area contributed by atoms with Gasteiger partial charge in [0.15, 0.2) is 23.3 Å². The van der Waals surface area contributed by atoms with Gasteiger partial charge in [-0.05, 0) is 17.7 Å². The van der Waals surface area contributed by atoms with Crippen LogP contribution in [0.25, 0.3) is 0 Å². The van der Waals surface area contributed by atoms with Gasteiger partial charge in [-0.3, -0.25) is 4.98 Å². The molecule has 0 amide bonds. The van der Waals surface area contributed by atoms with Crippen LogP contribution in [0.5, 0.6) is 0 Å². The van der Waals surface area contributed by atoms with Gasteiger partial charge in [-0.1, -0.05) is 0 Å². The Kier molecular flexibility index (Phi) is 3.63. The van der Waals surface area contributed by atoms with Crippen molar-refractivity contribution >= 4 is 11.6 Å². The molecule has 0 spiro atoms. The predicted molar refractivity (Wildman–Crippen MR) is 63.5 cm³/mol. The Morgan fingerprint density at radius 2 is 1.78 bits per heavy atom. The summed E-state index contributed by atoms with van der Waals surface area (Å²) < 4.78 is 26.5. The highest BCUT2D eigenvalue weighted by atomic mass is 19.1. The molecule has 0 saturated carbocycles. The molecule has 94 valence electrons. The first-order valence-electron chi connectivity index (χ1n) is 5.16. The minimum Gasteiger partial charge on any atom is -0.363 e. The summed E-state index contributed by atoms with van der Waals surface area (Å²) in [5, 5.41) is 2.76. The van der Waals surface area contributed by atoms with E-state index in [-0.39, 0.29) is 11.6 Å². The third kappa shape index (κ3) is 2.69. The SMILES string of the molecule is NNc1nc(NCc2ccncc2)c(F)cc1F. The van der Waals surface area contributed by atoms with Gasteiger partial charge in [-0.15, -0.1) is 0 Å². The second-order valence-corrected chi connectivity index (χ2v) is 3.50. The van der Waals surface area contributed by atoms with Crippen molar-refractivity contribution in [3.05, 3.63) is 47.8 Å². The summed E-state index contributed by atoms with van der Waals surface area (Å²) in [4.78, 5) is 7.56. The number of anilines is 2. The Labute approximate surface area is 102 Å². The molecule has 18 heavy (non-hydrogen) atoms. The maximum absolute atomic E-state index is 13.4. The van der Waals surface area contributed by atoms with Gasteiger partial charge in [-0.2, -0.15) is 0 Å². The van der Waals surface area contributed by atoms with Gasteiger partial charge in [-0.25, -0.2) is 19.6 Å². The molecular formula is C11H11F2N5. The van der Waals surface area contributed by atoms with E-state index in [0.717, 1.165) is 11.6 Å². The maximum atomic E-state index is 13.4. The number of nitrogens with two attached hydrogens (primary N) is 1. The molecule has 2 aromatic heterocycles. The van der Waals surface area contributed by atoms with Crippen LogP contribution in [0, 0.1) is 11.6 Å². The molecule has 2 aromatic rings. The van der Waals surface area contributed by atoms with Crippen LogP contribution in [0.2, 0.25) is 0 Å². The molecule has 0 unspecified atom stereocenters. The number of pyridine rings is 2. The van der Waals surface area contributed by atoms with E-state index in [2.05, 4.69) is 20.7 Å². The summed E-state index contributed by atoms with van der Waals surface area (Å²) in [6, 6.07) is 4.27. The number of hydrogen-bond donors (Lipinski definition) is 3. The molecule has 7 heteroatoms. The lowest BCUT2D eigenvalue weighted by Crippen LogP contribution is -2.13. The van der Waals surface area contributed by atoms with E-state index < -0.39 is 11.6 Å². The standard InChI is InChI=1S/C11H11F2N5/c12-8-5-9(13)11(18-14)17-10(8)16-6-7-1-3-15-4-2-7/h1-5H,6,14H2,(H2,16,17,18). The third-order valence-electron chi connectivity index (χ3n) is 2.28. The van der Waals surface area contributed by atoms with Crippen molar-refractivity contribution in [1.29, 1.82) is 0 Å². The Balaban J connectivity index is 2.14. The molecule has 0 atom stereocenters. The molecular weight excluding hydrogens is 240 g/mol. The van der Waals surface area contributed by atoms with Crippen molar-refractivity contribution in [2.75, 3.05) is 10.7 Å². The molecule has 0 aliphatic heterocycles. The highest BCUT2D eigenvalue weighted by Crippen LogP contribution is 2.18. The summed E-state index contributed by atoms with van der Waals surface area (Å²) in [5.41, 5.74) is 2.96. The number of rotatable bonds is 4. The van der Waals surface area contributed by atoms with E-state index in [1.807, 2.05) is 0 Å². The monoisotopic (exact) mass is 251 g/mol. The normalized spacial score (nSPS) is 10.2. The lowest BCUT2D eigenvalue weighted by molar-refractivity contribution is 0.578. The lowest BCUT2D eigenvalue weighted by Gasteiger charge is -2.09. The zero-order valence-electron chi connectivity index (χ0n) is 9.32. The molecule has 5 nitrogen and oxygen atoms in total. The Bertz CT molecular complexity index is 532. The topological polar surface area (TPSA) is 75.9 Å². The Morgan fingerprint density at radius 3 is 2.44 bits per heavy atom. The molecule has 2 rings (SSSR count). The molecule has 4 N–H and O–H groups in total. The summed E-state index contributed by atoms with van der Waals surface area (Å²) in [5.74, 6) is 3.16. The van der Waals surface area contributed by atoms with Crippen LogP contribution in [-0.4, -0.2) is 9.97 Å². The highest BCUT2D eigenvalue weighted by molar-refractivity contribution is 5.47. The van der Waals surface area contributed by atoms with Crippen molar-refractivity contribution in [1.82, 2.24) is 9.97 Å². The first-order valence-corrected chi connectivity index (χ1v) is 5.16. The summed E-state index contributed by atoms with van der Waals surface area (Å²) in [7, 11) is 0. The number of aromatic nitrogens is 2. The summed E-state index contributed by atoms with van der Waals surface area (Å²) in [6.07, 6.45) is 3.25. The average molecular weight is 251 g/mol. The number of nitrogen functional groups attached to an aromatic ring is 1. The van der Waals surface area contributed by atoms with E-state index in [0.29, 0.717) is 6.54 Å². The first kappa shape index (κ1) is 12.2. The fourth-order valence-electron chi connectivity index (χ4n) is 1.38. The zero-order chi connectivity index (χ0) is 13.0. The summed E-state index contributed by atoms with van der Waals surface area (Å²) >= 11 is 0. The van der Waals surface area contributed by atoms with Crippen LogP contribution in [0.3, 0.4) is 0 Å². The average Bonchev–Trinajstić information content (AvgIpc) is 2.39. The largest absolute Gasteiger partial charge is 0.363 e. The van der Waals surface area contributed by atoms with Crippen LogP contribution < -0.4 is 16.6 Å². The Morgan fingerprint density at radius 1 is 1.11 bits per heavy atom. The van der Waals surface area contributed by atoms with Crippen molar-refractivity contribution in [2.45, 2.75) is 6.54 Å². The van der Waals surface area contributed by atoms with E-state index in [1.165, 1.54) is 0 Å². The van der Waals surface area contributed by atoms with E-state index in [9.17, 15) is 8.78 Å². The van der Waals surface area contributed by atoms with Crippen LogP contribution in [0.15, 0.2) is 30.6 Å². The summed E-state index contributed by atoms with van der Waals surface area (Å²) in [6.45, 7) is 0.349. The van der Waals surface area contributed by atoms with Crippen LogP contribution in [0.4, 0.5) is 20.4 Å². The second kappa shape index (κ2) is 5.37. The number of nitrogens with one attached hydrogen (secondary N) is 2. The second-order valence-electron chi connectivity index (χ2n) is 3.50. The van der Waals surface area contributed by atoms with Gasteiger partial charge >= 0.3 is 0 Å². The Hall–Kier alpha value is -2.28. The zero-order valence-corrected chi connectivity index (χ0v) is 9.32. The van der Waals surface area contributed by atoms with Crippen molar-refractivity contribution in [3.63, 3.8) is 0 Å². The quantitative estimate of drug-likeness (QED) is 0.569. The first-order chi connectivity index (χ1) is 8.70. The van der Waals surface area contributed by atoms with Crippen molar-refractivity contribution in [2.24, 2.45) is 5.84 Å². The molecule has 0 fully saturated rings. The minimum absolute atomic E-state index is 0.0684. The highest BCUT2D eigenvalue weighted by Gasteiger charge is 2.10. The van der Waals surface area contributed by atoms with E-state index in [1.54, 1.807) is 24.5 Å². The maximum Gasteiger partial charge on any atom is 0.178 e. The van der Waals surface area contributed by atoms with Gasteiger partial charge in [0.25, 0.3) is 0 Å². The van der Waals surface area contributed by atoms with Gasteiger partial charge in [0.05, 0.1) is 0 Å².